The summed E-state index contributed by atoms with van der Waals surface area (Å²) in [6.45, 7) is 6.55. The monoisotopic (exact) mass is 360 g/mol. The first-order chi connectivity index (χ1) is 12.0. The molecule has 2 aromatic rings. The highest BCUT2D eigenvalue weighted by Crippen LogP contribution is 2.32. The zero-order chi connectivity index (χ0) is 18.4. The fraction of sp³-hybridized carbons (Fsp3) is 0.368. The lowest BCUT2D eigenvalue weighted by atomic mass is 10.1. The number of benzene rings is 1. The van der Waals surface area contributed by atoms with Gasteiger partial charge in [-0.15, -0.1) is 11.3 Å². The molecule has 6 heteroatoms. The summed E-state index contributed by atoms with van der Waals surface area (Å²) in [7, 11) is 1.58. The maximum Gasteiger partial charge on any atom is 0.256 e. The second kappa shape index (κ2) is 8.67. The molecule has 0 radical (unpaired) electrons. The van der Waals surface area contributed by atoms with Crippen molar-refractivity contribution in [2.45, 2.75) is 33.6 Å². The molecule has 25 heavy (non-hydrogen) atoms. The second-order valence-corrected chi connectivity index (χ2v) is 6.98. The van der Waals surface area contributed by atoms with E-state index in [1.807, 2.05) is 19.9 Å². The lowest BCUT2D eigenvalue weighted by molar-refractivity contribution is 0.0963. The van der Waals surface area contributed by atoms with Crippen molar-refractivity contribution >= 4 is 28.2 Å². The van der Waals surface area contributed by atoms with Gasteiger partial charge in [-0.1, -0.05) is 19.4 Å². The third kappa shape index (κ3) is 4.60. The summed E-state index contributed by atoms with van der Waals surface area (Å²) in [5, 5.41) is 6.05. The minimum Gasteiger partial charge on any atom is -0.494 e. The maximum absolute atomic E-state index is 12.6. The first-order valence-corrected chi connectivity index (χ1v) is 9.15. The maximum atomic E-state index is 12.6. The van der Waals surface area contributed by atoms with Gasteiger partial charge in [0.2, 0.25) is 0 Å². The van der Waals surface area contributed by atoms with E-state index in [0.717, 1.165) is 23.3 Å². The summed E-state index contributed by atoms with van der Waals surface area (Å²) < 4.78 is 5.65. The fourth-order valence-corrected chi connectivity index (χ4v) is 3.40. The molecule has 0 aliphatic carbocycles. The van der Waals surface area contributed by atoms with E-state index >= 15 is 0 Å². The number of rotatable bonds is 7. The smallest absolute Gasteiger partial charge is 0.256 e. The third-order valence-corrected chi connectivity index (χ3v) is 5.05. The normalized spacial score (nSPS) is 10.4. The predicted molar refractivity (Wildman–Crippen MR) is 102 cm³/mol. The molecule has 0 saturated carbocycles. The number of unbranched alkanes of at least 4 members (excludes halogenated alkanes) is 1. The van der Waals surface area contributed by atoms with E-state index in [1.54, 1.807) is 25.2 Å². The summed E-state index contributed by atoms with van der Waals surface area (Å²) in [5.41, 5.74) is 1.91. The number of anilines is 1. The molecule has 0 spiro atoms. The Kier molecular flexibility index (Phi) is 6.58. The molecule has 1 aromatic carbocycles. The number of hydrogen-bond donors (Lipinski definition) is 2. The van der Waals surface area contributed by atoms with Crippen molar-refractivity contribution < 1.29 is 14.3 Å². The number of aryl methyl sites for hydroxylation is 1. The lowest BCUT2D eigenvalue weighted by Crippen LogP contribution is -2.21. The molecule has 0 atom stereocenters. The van der Waals surface area contributed by atoms with E-state index in [-0.39, 0.29) is 11.8 Å². The zero-order valence-electron chi connectivity index (χ0n) is 15.1. The third-order valence-electron chi connectivity index (χ3n) is 3.93. The van der Waals surface area contributed by atoms with Crippen molar-refractivity contribution in [3.8, 4) is 5.75 Å². The summed E-state index contributed by atoms with van der Waals surface area (Å²) >= 11 is 1.40. The SMILES string of the molecule is CCCCOc1cccc(C(=O)Nc2sc(C)c(C)c2C(=O)NC)c1. The number of carbonyl (C=O) groups is 2. The van der Waals surface area contributed by atoms with Gasteiger partial charge in [0.15, 0.2) is 0 Å². The van der Waals surface area contributed by atoms with Crippen LogP contribution in [0.2, 0.25) is 0 Å². The summed E-state index contributed by atoms with van der Waals surface area (Å²) in [6.07, 6.45) is 2.03. The van der Waals surface area contributed by atoms with Crippen molar-refractivity contribution in [2.24, 2.45) is 0 Å². The summed E-state index contributed by atoms with van der Waals surface area (Å²) in [6, 6.07) is 7.08. The zero-order valence-corrected chi connectivity index (χ0v) is 15.9. The van der Waals surface area contributed by atoms with E-state index in [4.69, 9.17) is 4.74 Å². The van der Waals surface area contributed by atoms with Crippen LogP contribution >= 0.6 is 11.3 Å². The molecule has 0 bridgehead atoms. The number of amides is 2. The number of ether oxygens (including phenoxy) is 1. The number of nitrogens with one attached hydrogen (secondary N) is 2. The van der Waals surface area contributed by atoms with Crippen LogP contribution < -0.4 is 15.4 Å². The molecular weight excluding hydrogens is 336 g/mol. The van der Waals surface area contributed by atoms with Crippen LogP contribution in [-0.4, -0.2) is 25.5 Å². The van der Waals surface area contributed by atoms with Gasteiger partial charge in [-0.25, -0.2) is 0 Å². The average molecular weight is 360 g/mol. The van der Waals surface area contributed by atoms with E-state index in [0.29, 0.717) is 28.5 Å². The van der Waals surface area contributed by atoms with Crippen LogP contribution in [0.5, 0.6) is 5.75 Å². The quantitative estimate of drug-likeness (QED) is 0.729. The molecule has 1 aromatic heterocycles. The van der Waals surface area contributed by atoms with Gasteiger partial charge in [-0.2, -0.15) is 0 Å². The van der Waals surface area contributed by atoms with Crippen molar-refractivity contribution in [1.82, 2.24) is 5.32 Å². The Balaban J connectivity index is 2.19. The molecule has 0 aliphatic rings. The Hall–Kier alpha value is -2.34. The Bertz CT molecular complexity index is 768. The molecule has 134 valence electrons. The number of carbonyl (C=O) groups excluding carboxylic acids is 2. The molecule has 2 N–H and O–H groups in total. The van der Waals surface area contributed by atoms with Gasteiger partial charge in [0.1, 0.15) is 10.8 Å². The molecule has 0 aliphatic heterocycles. The molecule has 5 nitrogen and oxygen atoms in total. The molecule has 0 unspecified atom stereocenters. The van der Waals surface area contributed by atoms with Crippen LogP contribution in [-0.2, 0) is 0 Å². The van der Waals surface area contributed by atoms with Crippen molar-refractivity contribution in [3.05, 3.63) is 45.8 Å². The van der Waals surface area contributed by atoms with E-state index in [9.17, 15) is 9.59 Å². The highest BCUT2D eigenvalue weighted by Gasteiger charge is 2.20. The Morgan fingerprint density at radius 1 is 1.20 bits per heavy atom. The van der Waals surface area contributed by atoms with Crippen LogP contribution in [0.3, 0.4) is 0 Å². The second-order valence-electron chi connectivity index (χ2n) is 5.75. The Morgan fingerprint density at radius 3 is 2.64 bits per heavy atom. The minimum atomic E-state index is -0.257. The van der Waals surface area contributed by atoms with Gasteiger partial charge in [-0.3, -0.25) is 9.59 Å². The van der Waals surface area contributed by atoms with Crippen LogP contribution in [0, 0.1) is 13.8 Å². The summed E-state index contributed by atoms with van der Waals surface area (Å²) in [4.78, 5) is 25.7. The van der Waals surface area contributed by atoms with Crippen molar-refractivity contribution in [1.29, 1.82) is 0 Å². The first-order valence-electron chi connectivity index (χ1n) is 8.34. The topological polar surface area (TPSA) is 67.4 Å². The molecule has 2 amide bonds. The van der Waals surface area contributed by atoms with Crippen LogP contribution in [0.25, 0.3) is 0 Å². The van der Waals surface area contributed by atoms with E-state index in [2.05, 4.69) is 17.6 Å². The molecule has 0 saturated heterocycles. The molecule has 2 rings (SSSR count). The number of hydrogen-bond acceptors (Lipinski definition) is 4. The standard InChI is InChI=1S/C19H24N2O3S/c1-5-6-10-24-15-9-7-8-14(11-15)17(22)21-19-16(18(23)20-4)12(2)13(3)25-19/h7-9,11H,5-6,10H2,1-4H3,(H,20,23)(H,21,22). The molecule has 1 heterocycles. The Labute approximate surface area is 152 Å². The van der Waals surface area contributed by atoms with Gasteiger partial charge in [0.05, 0.1) is 12.2 Å². The minimum absolute atomic E-state index is 0.200. The predicted octanol–water partition coefficient (Wildman–Crippen LogP) is 4.16. The summed E-state index contributed by atoms with van der Waals surface area (Å²) in [5.74, 6) is 0.215. The van der Waals surface area contributed by atoms with Gasteiger partial charge in [0.25, 0.3) is 11.8 Å². The highest BCUT2D eigenvalue weighted by molar-refractivity contribution is 7.16. The van der Waals surface area contributed by atoms with Gasteiger partial charge in [-0.05, 0) is 44.0 Å². The van der Waals surface area contributed by atoms with Crippen LogP contribution in [0.4, 0.5) is 5.00 Å². The van der Waals surface area contributed by atoms with Crippen molar-refractivity contribution in [3.63, 3.8) is 0 Å². The first kappa shape index (κ1) is 19.0. The average Bonchev–Trinajstić information content (AvgIpc) is 2.88. The molecule has 0 fully saturated rings. The molecular formula is C19H24N2O3S. The van der Waals surface area contributed by atoms with Gasteiger partial charge in [0, 0.05) is 17.5 Å². The highest BCUT2D eigenvalue weighted by atomic mass is 32.1. The van der Waals surface area contributed by atoms with Gasteiger partial charge < -0.3 is 15.4 Å². The fourth-order valence-electron chi connectivity index (χ4n) is 2.35. The van der Waals surface area contributed by atoms with Crippen LogP contribution in [0.1, 0.15) is 50.9 Å². The van der Waals surface area contributed by atoms with Crippen molar-refractivity contribution in [2.75, 3.05) is 19.0 Å². The van der Waals surface area contributed by atoms with Gasteiger partial charge >= 0.3 is 0 Å². The Morgan fingerprint density at radius 2 is 1.96 bits per heavy atom. The van der Waals surface area contributed by atoms with Crippen LogP contribution in [0.15, 0.2) is 24.3 Å². The number of thiophene rings is 1. The van der Waals surface area contributed by atoms with E-state index < -0.39 is 0 Å². The van der Waals surface area contributed by atoms with E-state index in [1.165, 1.54) is 11.3 Å². The largest absolute Gasteiger partial charge is 0.494 e. The lowest BCUT2D eigenvalue weighted by Gasteiger charge is -2.09.